The van der Waals surface area contributed by atoms with E-state index in [0.29, 0.717) is 32.1 Å². The summed E-state index contributed by atoms with van der Waals surface area (Å²) >= 11 is 0. The summed E-state index contributed by atoms with van der Waals surface area (Å²) in [6, 6.07) is 0. The van der Waals surface area contributed by atoms with Crippen LogP contribution in [0.5, 0.6) is 0 Å². The highest BCUT2D eigenvalue weighted by Gasteiger charge is 2.25. The van der Waals surface area contributed by atoms with Gasteiger partial charge in [0.2, 0.25) is 0 Å². The van der Waals surface area contributed by atoms with Gasteiger partial charge >= 0.3 is 19.8 Å². The Kier molecular flexibility index (Phi) is 37.5. The summed E-state index contributed by atoms with van der Waals surface area (Å²) in [7, 11) is -4.42. The number of aliphatic hydroxyl groups excluding tert-OH is 1. The molecule has 2 unspecified atom stereocenters. The number of aliphatic hydroxyl groups is 1. The molecule has 0 aliphatic heterocycles. The lowest BCUT2D eigenvalue weighted by atomic mass is 10.1. The van der Waals surface area contributed by atoms with Crippen LogP contribution in [0.15, 0.2) is 109 Å². The van der Waals surface area contributed by atoms with Crippen LogP contribution in [-0.4, -0.2) is 60.5 Å². The van der Waals surface area contributed by atoms with E-state index in [1.165, 1.54) is 0 Å². The van der Waals surface area contributed by atoms with Crippen LogP contribution in [0, 0.1) is 0 Å². The lowest BCUT2D eigenvalue weighted by Gasteiger charge is -2.19. The number of unbranched alkanes of at least 4 members (excludes halogenated alkanes) is 5. The molecule has 0 saturated carbocycles. The van der Waals surface area contributed by atoms with Crippen LogP contribution in [0.25, 0.3) is 0 Å². The Bertz CT molecular complexity index is 1300. The van der Waals surface area contributed by atoms with Crippen molar-refractivity contribution in [1.82, 2.24) is 0 Å². The fraction of sp³-hybridized carbons (Fsp3) is 0.556. The maximum atomic E-state index is 12.5. The van der Waals surface area contributed by atoms with E-state index in [1.54, 1.807) is 6.08 Å². The van der Waals surface area contributed by atoms with Gasteiger partial charge in [-0.1, -0.05) is 136 Å². The second kappa shape index (κ2) is 39.8. The van der Waals surface area contributed by atoms with Crippen molar-refractivity contribution in [3.63, 3.8) is 0 Å². The van der Waals surface area contributed by atoms with E-state index in [4.69, 9.17) is 24.3 Å². The Morgan fingerprint density at radius 1 is 0.625 bits per heavy atom. The average Bonchev–Trinajstić information content (AvgIpc) is 3.18. The predicted octanol–water partition coefficient (Wildman–Crippen LogP) is 10.6. The Balaban J connectivity index is 4.42. The molecule has 0 radical (unpaired) electrons. The van der Waals surface area contributed by atoms with Crippen molar-refractivity contribution in [1.29, 1.82) is 0 Å². The maximum Gasteiger partial charge on any atom is 0.472 e. The van der Waals surface area contributed by atoms with Gasteiger partial charge in [0.15, 0.2) is 6.10 Å². The molecule has 0 aliphatic carbocycles. The molecule has 0 aromatic rings. The van der Waals surface area contributed by atoms with Gasteiger partial charge in [0.1, 0.15) is 6.61 Å². The lowest BCUT2D eigenvalue weighted by Crippen LogP contribution is -2.29. The molecule has 0 bridgehead atoms. The smallest absolute Gasteiger partial charge is 0.462 e. The molecule has 0 rings (SSSR count). The third kappa shape index (κ3) is 38.9. The molecule has 4 N–H and O–H groups in total. The highest BCUT2D eigenvalue weighted by atomic mass is 31.2. The highest BCUT2D eigenvalue weighted by Crippen LogP contribution is 2.43. The number of carbonyl (C=O) groups is 2. The number of nitrogens with two attached hydrogens (primary N) is 1. The molecule has 10 nitrogen and oxygen atoms in total. The quantitative estimate of drug-likeness (QED) is 0.0183. The largest absolute Gasteiger partial charge is 0.472 e. The number of ether oxygens (including phenoxy) is 2. The molecular weight excluding hydrogens is 729 g/mol. The van der Waals surface area contributed by atoms with Crippen LogP contribution in [-0.2, 0) is 32.7 Å². The number of phosphoric ester groups is 1. The molecule has 56 heavy (non-hydrogen) atoms. The topological polar surface area (TPSA) is 155 Å². The normalized spacial score (nSPS) is 15.0. The fourth-order valence-corrected chi connectivity index (χ4v) is 5.51. The fourth-order valence-electron chi connectivity index (χ4n) is 4.74. The summed E-state index contributed by atoms with van der Waals surface area (Å²) in [5, 5.41) is 10.0. The van der Waals surface area contributed by atoms with Gasteiger partial charge in [-0.05, 0) is 83.5 Å². The summed E-state index contributed by atoms with van der Waals surface area (Å²) in [4.78, 5) is 34.8. The van der Waals surface area contributed by atoms with Crippen LogP contribution in [0.2, 0.25) is 0 Å². The zero-order chi connectivity index (χ0) is 41.2. The van der Waals surface area contributed by atoms with Gasteiger partial charge in [0.25, 0.3) is 0 Å². The molecule has 0 fully saturated rings. The van der Waals surface area contributed by atoms with Crippen molar-refractivity contribution in [2.24, 2.45) is 5.73 Å². The van der Waals surface area contributed by atoms with E-state index in [2.05, 4.69) is 74.6 Å². The van der Waals surface area contributed by atoms with E-state index in [1.807, 2.05) is 42.5 Å². The first-order valence-electron chi connectivity index (χ1n) is 20.5. The van der Waals surface area contributed by atoms with Crippen LogP contribution >= 0.6 is 7.82 Å². The summed E-state index contributed by atoms with van der Waals surface area (Å²) in [5.41, 5.74) is 5.33. The van der Waals surface area contributed by atoms with Gasteiger partial charge < -0.3 is 25.2 Å². The number of hydrogen-bond donors (Lipinski definition) is 3. The molecule has 0 aromatic heterocycles. The first-order valence-corrected chi connectivity index (χ1v) is 22.0. The van der Waals surface area contributed by atoms with Crippen molar-refractivity contribution < 1.29 is 42.7 Å². The van der Waals surface area contributed by atoms with Crippen LogP contribution < -0.4 is 5.73 Å². The number of carbonyl (C=O) groups excluding carboxylic acids is 2. The Labute approximate surface area is 338 Å². The van der Waals surface area contributed by atoms with E-state index in [-0.39, 0.29) is 32.6 Å². The molecular formula is C45H72NO9P. The second-order valence-electron chi connectivity index (χ2n) is 12.9. The van der Waals surface area contributed by atoms with Crippen molar-refractivity contribution in [2.45, 2.75) is 135 Å². The zero-order valence-corrected chi connectivity index (χ0v) is 35.1. The first kappa shape index (κ1) is 52.6. The van der Waals surface area contributed by atoms with Crippen LogP contribution in [0.3, 0.4) is 0 Å². The number of hydrogen-bond acceptors (Lipinski definition) is 9. The summed E-state index contributed by atoms with van der Waals surface area (Å²) < 4.78 is 32.6. The van der Waals surface area contributed by atoms with Crippen LogP contribution in [0.4, 0.5) is 0 Å². The standard InChI is InChI=1S/C45H72NO9P/c1-3-5-7-9-11-12-13-14-15-16-17-18-19-20-24-28-32-36-44(48)52-40-43(41-54-56(50,51)53-39-38-46)55-45(49)37-33-29-25-22-21-23-27-31-35-42(47)34-30-26-10-8-6-4-2/h5-8,11-12,14-15,17-18,22-23,25-27,30-31,35,42-43,47H,3-4,9-10,13,16,19-21,24,28-29,32-34,36-41,46H2,1-2H3,(H,50,51)/b7-5-,8-6-,12-11-,15-14-,18-17-,25-22-,27-23-,30-26-,35-31+/t42?,43-/m1/s1. The number of phosphoric acid groups is 1. The highest BCUT2D eigenvalue weighted by molar-refractivity contribution is 7.47. The molecule has 316 valence electrons. The molecule has 0 heterocycles. The van der Waals surface area contributed by atoms with Crippen molar-refractivity contribution in [3.05, 3.63) is 109 Å². The third-order valence-corrected chi connectivity index (χ3v) is 8.72. The van der Waals surface area contributed by atoms with Crippen molar-refractivity contribution in [2.75, 3.05) is 26.4 Å². The first-order chi connectivity index (χ1) is 27.2. The summed E-state index contributed by atoms with van der Waals surface area (Å²) in [6.07, 6.45) is 48.7. The van der Waals surface area contributed by atoms with Gasteiger partial charge in [0, 0.05) is 19.4 Å². The minimum absolute atomic E-state index is 0.0239. The average molecular weight is 802 g/mol. The molecule has 0 spiro atoms. The van der Waals surface area contributed by atoms with Gasteiger partial charge in [-0.3, -0.25) is 18.6 Å². The Hall–Kier alpha value is -3.37. The second-order valence-corrected chi connectivity index (χ2v) is 14.4. The third-order valence-electron chi connectivity index (χ3n) is 7.73. The van der Waals surface area contributed by atoms with Crippen LogP contribution in [0.1, 0.15) is 123 Å². The SMILES string of the molecule is CC/C=C\C/C=C\C/C=C\C/C=C\CCCCCCC(=O)OC[C@H](COP(=O)(O)OCCN)OC(=O)CCC/C=C\C/C=C\C=C\C(O)C/C=C\C/C=C\CC. The van der Waals surface area contributed by atoms with E-state index in [9.17, 15) is 24.2 Å². The molecule has 11 heteroatoms. The van der Waals surface area contributed by atoms with E-state index >= 15 is 0 Å². The molecule has 0 aliphatic rings. The lowest BCUT2D eigenvalue weighted by molar-refractivity contribution is -0.161. The van der Waals surface area contributed by atoms with Crippen molar-refractivity contribution in [3.8, 4) is 0 Å². The number of esters is 2. The summed E-state index contributed by atoms with van der Waals surface area (Å²) in [5.74, 6) is -0.978. The van der Waals surface area contributed by atoms with Crippen molar-refractivity contribution >= 4 is 19.8 Å². The van der Waals surface area contributed by atoms with E-state index in [0.717, 1.165) is 64.2 Å². The minimum Gasteiger partial charge on any atom is -0.462 e. The molecule has 0 saturated heterocycles. The van der Waals surface area contributed by atoms with Gasteiger partial charge in [-0.15, -0.1) is 0 Å². The zero-order valence-electron chi connectivity index (χ0n) is 34.2. The monoisotopic (exact) mass is 801 g/mol. The predicted molar refractivity (Wildman–Crippen MR) is 230 cm³/mol. The minimum atomic E-state index is -4.42. The summed E-state index contributed by atoms with van der Waals surface area (Å²) in [6.45, 7) is 3.27. The van der Waals surface area contributed by atoms with Gasteiger partial charge in [0.05, 0.1) is 19.3 Å². The number of allylic oxidation sites excluding steroid dienone is 16. The number of rotatable bonds is 36. The Morgan fingerprint density at radius 2 is 1.16 bits per heavy atom. The molecule has 0 amide bonds. The van der Waals surface area contributed by atoms with Gasteiger partial charge in [-0.25, -0.2) is 4.57 Å². The van der Waals surface area contributed by atoms with E-state index < -0.39 is 38.6 Å². The molecule has 3 atom stereocenters. The molecule has 0 aromatic carbocycles. The maximum absolute atomic E-state index is 12.5. The Morgan fingerprint density at radius 3 is 1.79 bits per heavy atom. The van der Waals surface area contributed by atoms with Gasteiger partial charge in [-0.2, -0.15) is 0 Å².